The SMILES string of the molecule is CN=C(NCCc1ccc(I)s1)NCc1sccc1C.I. The average molecular weight is 547 g/mol. The average Bonchev–Trinajstić information content (AvgIpc) is 3.03. The summed E-state index contributed by atoms with van der Waals surface area (Å²) in [4.78, 5) is 7.03. The summed E-state index contributed by atoms with van der Waals surface area (Å²) < 4.78 is 1.34. The van der Waals surface area contributed by atoms with Crippen molar-refractivity contribution >= 4 is 75.2 Å². The number of nitrogens with one attached hydrogen (secondary N) is 2. The molecular weight excluding hydrogens is 528 g/mol. The molecule has 0 aromatic carbocycles. The molecule has 0 aliphatic heterocycles. The van der Waals surface area contributed by atoms with Gasteiger partial charge >= 0.3 is 0 Å². The normalized spacial score (nSPS) is 11.1. The number of hydrogen-bond acceptors (Lipinski definition) is 3. The van der Waals surface area contributed by atoms with E-state index in [0.29, 0.717) is 0 Å². The molecule has 0 fully saturated rings. The highest BCUT2D eigenvalue weighted by Gasteiger charge is 2.02. The summed E-state index contributed by atoms with van der Waals surface area (Å²) in [6.07, 6.45) is 1.03. The number of hydrogen-bond donors (Lipinski definition) is 2. The molecule has 0 atom stereocenters. The van der Waals surface area contributed by atoms with Gasteiger partial charge in [-0.15, -0.1) is 46.7 Å². The van der Waals surface area contributed by atoms with Gasteiger partial charge in [0, 0.05) is 23.3 Å². The number of aliphatic imine (C=N–C) groups is 1. The molecule has 2 aromatic rings. The van der Waals surface area contributed by atoms with Gasteiger partial charge in [-0.2, -0.15) is 0 Å². The molecule has 116 valence electrons. The van der Waals surface area contributed by atoms with Crippen molar-refractivity contribution < 1.29 is 0 Å². The molecule has 2 N–H and O–H groups in total. The van der Waals surface area contributed by atoms with E-state index in [1.165, 1.54) is 18.2 Å². The smallest absolute Gasteiger partial charge is 0.191 e. The molecule has 0 aliphatic carbocycles. The molecule has 0 saturated carbocycles. The fourth-order valence-corrected chi connectivity index (χ4v) is 4.36. The standard InChI is InChI=1S/C14H18IN3S2.HI/c1-10-6-8-19-12(10)9-18-14(16-2)17-7-5-11-3-4-13(15)20-11;/h3-4,6,8H,5,7,9H2,1-2H3,(H2,16,17,18);1H. The number of nitrogens with zero attached hydrogens (tertiary/aromatic N) is 1. The van der Waals surface area contributed by atoms with E-state index in [0.717, 1.165) is 25.5 Å². The van der Waals surface area contributed by atoms with E-state index >= 15 is 0 Å². The molecule has 0 aliphatic rings. The van der Waals surface area contributed by atoms with Crippen molar-refractivity contribution in [1.82, 2.24) is 10.6 Å². The lowest BCUT2D eigenvalue weighted by Gasteiger charge is -2.11. The Bertz CT molecular complexity index is 578. The Hall–Kier alpha value is 0.130. The van der Waals surface area contributed by atoms with Crippen molar-refractivity contribution in [1.29, 1.82) is 0 Å². The highest BCUT2D eigenvalue weighted by molar-refractivity contribution is 14.1. The third-order valence-electron chi connectivity index (χ3n) is 2.90. The third kappa shape index (κ3) is 6.41. The molecule has 0 radical (unpaired) electrons. The molecule has 2 rings (SSSR count). The van der Waals surface area contributed by atoms with Gasteiger partial charge in [0.25, 0.3) is 0 Å². The Labute approximate surface area is 164 Å². The lowest BCUT2D eigenvalue weighted by molar-refractivity contribution is 0.803. The van der Waals surface area contributed by atoms with Crippen LogP contribution in [0.25, 0.3) is 0 Å². The van der Waals surface area contributed by atoms with E-state index in [2.05, 4.69) is 68.7 Å². The molecule has 0 spiro atoms. The van der Waals surface area contributed by atoms with Gasteiger partial charge < -0.3 is 10.6 Å². The van der Waals surface area contributed by atoms with Crippen LogP contribution < -0.4 is 10.6 Å². The second-order valence-corrected chi connectivity index (χ2v) is 8.40. The van der Waals surface area contributed by atoms with Crippen LogP contribution in [0.3, 0.4) is 0 Å². The summed E-state index contributed by atoms with van der Waals surface area (Å²) in [7, 11) is 1.81. The third-order valence-corrected chi connectivity index (χ3v) is 5.88. The summed E-state index contributed by atoms with van der Waals surface area (Å²) in [5, 5.41) is 8.84. The van der Waals surface area contributed by atoms with E-state index in [1.54, 1.807) is 11.3 Å². The Balaban J connectivity index is 0.00000220. The number of thiophene rings is 2. The van der Waals surface area contributed by atoms with Gasteiger partial charge in [0.1, 0.15) is 0 Å². The summed E-state index contributed by atoms with van der Waals surface area (Å²) in [5.41, 5.74) is 1.34. The zero-order valence-electron chi connectivity index (χ0n) is 12.0. The molecule has 0 amide bonds. The van der Waals surface area contributed by atoms with Crippen molar-refractivity contribution in [2.45, 2.75) is 19.9 Å². The van der Waals surface area contributed by atoms with Crippen LogP contribution in [-0.2, 0) is 13.0 Å². The molecule has 0 unspecified atom stereocenters. The van der Waals surface area contributed by atoms with E-state index < -0.39 is 0 Å². The first-order valence-electron chi connectivity index (χ1n) is 6.40. The molecular formula is C14H19I2N3S2. The maximum atomic E-state index is 4.25. The van der Waals surface area contributed by atoms with Crippen molar-refractivity contribution in [2.24, 2.45) is 4.99 Å². The lowest BCUT2D eigenvalue weighted by atomic mass is 10.3. The highest BCUT2D eigenvalue weighted by atomic mass is 127. The molecule has 2 aromatic heterocycles. The number of halogens is 2. The van der Waals surface area contributed by atoms with E-state index in [4.69, 9.17) is 0 Å². The van der Waals surface area contributed by atoms with E-state index in [1.807, 2.05) is 18.4 Å². The van der Waals surface area contributed by atoms with Gasteiger partial charge in [-0.25, -0.2) is 0 Å². The Kier molecular flexibility index (Phi) is 9.14. The first kappa shape index (κ1) is 19.2. The highest BCUT2D eigenvalue weighted by Crippen LogP contribution is 2.18. The van der Waals surface area contributed by atoms with Gasteiger partial charge in [0.05, 0.1) is 9.43 Å². The zero-order valence-corrected chi connectivity index (χ0v) is 18.1. The minimum atomic E-state index is 0. The molecule has 21 heavy (non-hydrogen) atoms. The predicted molar refractivity (Wildman–Crippen MR) is 113 cm³/mol. The van der Waals surface area contributed by atoms with Crippen LogP contribution in [-0.4, -0.2) is 19.6 Å². The Morgan fingerprint density at radius 1 is 1.29 bits per heavy atom. The number of guanidine groups is 1. The fraction of sp³-hybridized carbons (Fsp3) is 0.357. The minimum absolute atomic E-state index is 0. The first-order chi connectivity index (χ1) is 9.69. The topological polar surface area (TPSA) is 36.4 Å². The Morgan fingerprint density at radius 2 is 2.10 bits per heavy atom. The van der Waals surface area contributed by atoms with Crippen molar-refractivity contribution in [2.75, 3.05) is 13.6 Å². The van der Waals surface area contributed by atoms with Gasteiger partial charge in [0.2, 0.25) is 0 Å². The quantitative estimate of drug-likeness (QED) is 0.334. The minimum Gasteiger partial charge on any atom is -0.356 e. The van der Waals surface area contributed by atoms with E-state index in [-0.39, 0.29) is 24.0 Å². The van der Waals surface area contributed by atoms with Gasteiger partial charge in [-0.3, -0.25) is 4.99 Å². The van der Waals surface area contributed by atoms with Gasteiger partial charge in [-0.1, -0.05) is 0 Å². The van der Waals surface area contributed by atoms with Crippen LogP contribution in [0.5, 0.6) is 0 Å². The Morgan fingerprint density at radius 3 is 2.67 bits per heavy atom. The second kappa shape index (κ2) is 10.0. The largest absolute Gasteiger partial charge is 0.356 e. The van der Waals surface area contributed by atoms with Crippen LogP contribution in [0, 0.1) is 9.81 Å². The van der Waals surface area contributed by atoms with Crippen molar-refractivity contribution in [3.63, 3.8) is 0 Å². The molecule has 7 heteroatoms. The maximum absolute atomic E-state index is 4.25. The lowest BCUT2D eigenvalue weighted by Crippen LogP contribution is -2.37. The van der Waals surface area contributed by atoms with Crippen LogP contribution in [0.2, 0.25) is 0 Å². The zero-order chi connectivity index (χ0) is 14.4. The first-order valence-corrected chi connectivity index (χ1v) is 9.18. The second-order valence-electron chi connectivity index (χ2n) is 4.34. The van der Waals surface area contributed by atoms with Crippen LogP contribution in [0.15, 0.2) is 28.6 Å². The molecule has 0 bridgehead atoms. The van der Waals surface area contributed by atoms with Gasteiger partial charge in [0.15, 0.2) is 5.96 Å². The monoisotopic (exact) mass is 547 g/mol. The van der Waals surface area contributed by atoms with E-state index in [9.17, 15) is 0 Å². The van der Waals surface area contributed by atoms with Crippen molar-refractivity contribution in [3.05, 3.63) is 41.8 Å². The van der Waals surface area contributed by atoms with Gasteiger partial charge in [-0.05, 0) is 65.1 Å². The molecule has 0 saturated heterocycles. The molecule has 2 heterocycles. The predicted octanol–water partition coefficient (Wildman–Crippen LogP) is 4.25. The summed E-state index contributed by atoms with van der Waals surface area (Å²) in [6.45, 7) is 3.88. The number of aryl methyl sites for hydroxylation is 1. The van der Waals surface area contributed by atoms with Crippen molar-refractivity contribution in [3.8, 4) is 0 Å². The fourth-order valence-electron chi connectivity index (χ4n) is 1.76. The summed E-state index contributed by atoms with van der Waals surface area (Å²) in [5.74, 6) is 0.865. The van der Waals surface area contributed by atoms with Crippen LogP contribution in [0.4, 0.5) is 0 Å². The summed E-state index contributed by atoms with van der Waals surface area (Å²) in [6, 6.07) is 6.50. The maximum Gasteiger partial charge on any atom is 0.191 e. The van der Waals surface area contributed by atoms with Crippen LogP contribution in [0.1, 0.15) is 15.3 Å². The van der Waals surface area contributed by atoms with Crippen LogP contribution >= 0.6 is 69.2 Å². The molecule has 3 nitrogen and oxygen atoms in total. The number of rotatable bonds is 5. The summed E-state index contributed by atoms with van der Waals surface area (Å²) >= 11 is 5.99.